The molecular formula is C23H20O6. The minimum Gasteiger partial charge on any atom is -0.507 e. The number of phenolic OH excluding ortho intramolecular Hbond substituents is 2. The Hall–Kier alpha value is -3.80. The molecule has 6 nitrogen and oxygen atoms in total. The first-order valence-electron chi connectivity index (χ1n) is 9.02. The van der Waals surface area contributed by atoms with Gasteiger partial charge in [-0.3, -0.25) is 4.79 Å². The highest BCUT2D eigenvalue weighted by atomic mass is 16.5. The molecule has 0 amide bonds. The van der Waals surface area contributed by atoms with Gasteiger partial charge in [-0.25, -0.2) is 4.79 Å². The van der Waals surface area contributed by atoms with Crippen molar-refractivity contribution < 1.29 is 29.3 Å². The van der Waals surface area contributed by atoms with E-state index in [0.29, 0.717) is 5.75 Å². The number of aryl methyl sites for hydroxylation is 1. The van der Waals surface area contributed by atoms with Crippen molar-refractivity contribution in [3.05, 3.63) is 82.9 Å². The van der Waals surface area contributed by atoms with E-state index in [1.165, 1.54) is 18.2 Å². The van der Waals surface area contributed by atoms with Crippen LogP contribution in [0, 0.1) is 6.92 Å². The van der Waals surface area contributed by atoms with Crippen LogP contribution >= 0.6 is 0 Å². The fraction of sp³-hybridized carbons (Fsp3) is 0.130. The number of carbonyl (C=O) groups excluding carboxylic acids is 2. The van der Waals surface area contributed by atoms with Crippen LogP contribution in [0.25, 0.3) is 0 Å². The fourth-order valence-electron chi connectivity index (χ4n) is 2.78. The van der Waals surface area contributed by atoms with Crippen LogP contribution in [0.5, 0.6) is 23.0 Å². The number of ketones is 1. The summed E-state index contributed by atoms with van der Waals surface area (Å²) < 4.78 is 10.7. The quantitative estimate of drug-likeness (QED) is 0.470. The maximum absolute atomic E-state index is 13.0. The van der Waals surface area contributed by atoms with Gasteiger partial charge in [0.2, 0.25) is 0 Å². The number of phenols is 2. The summed E-state index contributed by atoms with van der Waals surface area (Å²) in [6.45, 7) is 3.53. The van der Waals surface area contributed by atoms with Crippen molar-refractivity contribution in [1.29, 1.82) is 0 Å². The van der Waals surface area contributed by atoms with Crippen molar-refractivity contribution >= 4 is 11.8 Å². The number of para-hydroxylation sites is 1. The van der Waals surface area contributed by atoms with E-state index in [1.807, 2.05) is 0 Å². The molecular weight excluding hydrogens is 372 g/mol. The largest absolute Gasteiger partial charge is 0.507 e. The first-order chi connectivity index (χ1) is 13.9. The van der Waals surface area contributed by atoms with Gasteiger partial charge in [-0.15, -0.1) is 0 Å². The number of hydrogen-bond donors (Lipinski definition) is 2. The van der Waals surface area contributed by atoms with Crippen LogP contribution in [0.4, 0.5) is 0 Å². The van der Waals surface area contributed by atoms with Crippen molar-refractivity contribution in [3.8, 4) is 23.0 Å². The van der Waals surface area contributed by atoms with Gasteiger partial charge in [0.25, 0.3) is 0 Å². The molecule has 0 saturated heterocycles. The van der Waals surface area contributed by atoms with Crippen LogP contribution < -0.4 is 4.74 Å². The minimum absolute atomic E-state index is 0.0673. The Bertz CT molecular complexity index is 1060. The van der Waals surface area contributed by atoms with Crippen LogP contribution in [0.15, 0.2) is 60.7 Å². The molecule has 6 heteroatoms. The van der Waals surface area contributed by atoms with Crippen molar-refractivity contribution in [3.63, 3.8) is 0 Å². The van der Waals surface area contributed by atoms with Crippen molar-refractivity contribution in [1.82, 2.24) is 0 Å². The maximum Gasteiger partial charge on any atom is 0.342 e. The topological polar surface area (TPSA) is 93.1 Å². The predicted molar refractivity (Wildman–Crippen MR) is 107 cm³/mol. The summed E-state index contributed by atoms with van der Waals surface area (Å²) in [4.78, 5) is 25.3. The number of benzene rings is 3. The zero-order chi connectivity index (χ0) is 21.0. The average Bonchev–Trinajstić information content (AvgIpc) is 2.71. The normalized spacial score (nSPS) is 10.4. The highest BCUT2D eigenvalue weighted by molar-refractivity contribution is 6.12. The van der Waals surface area contributed by atoms with E-state index in [0.717, 1.165) is 5.56 Å². The molecule has 0 fully saturated rings. The van der Waals surface area contributed by atoms with E-state index in [2.05, 4.69) is 0 Å². The standard InChI is InChI=1S/C23H20O6/c1-3-28-23(27)18-12-15(21(25)17-11-14(2)9-10-19(17)24)13-20(22(18)26)29-16-7-5-4-6-8-16/h4-13,24,26H,3H2,1-2H3. The maximum atomic E-state index is 13.0. The highest BCUT2D eigenvalue weighted by Crippen LogP contribution is 2.36. The van der Waals surface area contributed by atoms with Gasteiger partial charge in [0, 0.05) is 5.56 Å². The van der Waals surface area contributed by atoms with E-state index in [4.69, 9.17) is 9.47 Å². The summed E-state index contributed by atoms with van der Waals surface area (Å²) in [5.74, 6) is -1.58. The number of carbonyl (C=O) groups is 2. The third-order valence-corrected chi connectivity index (χ3v) is 4.20. The summed E-state index contributed by atoms with van der Waals surface area (Å²) in [6, 6.07) is 15.9. The second-order valence-electron chi connectivity index (χ2n) is 6.36. The van der Waals surface area contributed by atoms with Crippen LogP contribution in [-0.2, 0) is 4.74 Å². The van der Waals surface area contributed by atoms with E-state index >= 15 is 0 Å². The average molecular weight is 392 g/mol. The Morgan fingerprint density at radius 1 is 0.931 bits per heavy atom. The SMILES string of the molecule is CCOC(=O)c1cc(C(=O)c2cc(C)ccc2O)cc(Oc2ccccc2)c1O. The van der Waals surface area contributed by atoms with E-state index in [1.54, 1.807) is 56.3 Å². The number of rotatable bonds is 6. The van der Waals surface area contributed by atoms with Gasteiger partial charge in [0.15, 0.2) is 17.3 Å². The van der Waals surface area contributed by atoms with Gasteiger partial charge >= 0.3 is 5.97 Å². The molecule has 2 N–H and O–H groups in total. The van der Waals surface area contributed by atoms with Crippen molar-refractivity contribution in [2.75, 3.05) is 6.61 Å². The number of esters is 1. The third kappa shape index (κ3) is 4.38. The zero-order valence-corrected chi connectivity index (χ0v) is 16.0. The zero-order valence-electron chi connectivity index (χ0n) is 16.0. The van der Waals surface area contributed by atoms with Gasteiger partial charge in [-0.1, -0.05) is 29.8 Å². The molecule has 148 valence electrons. The van der Waals surface area contributed by atoms with Crippen LogP contribution in [0.3, 0.4) is 0 Å². The molecule has 0 bridgehead atoms. The molecule has 3 aromatic carbocycles. The second-order valence-corrected chi connectivity index (χ2v) is 6.36. The molecule has 0 heterocycles. The van der Waals surface area contributed by atoms with Gasteiger partial charge in [-0.05, 0) is 50.2 Å². The molecule has 0 radical (unpaired) electrons. The van der Waals surface area contributed by atoms with Gasteiger partial charge in [0.1, 0.15) is 17.1 Å². The molecule has 0 aromatic heterocycles. The molecule has 0 aliphatic heterocycles. The van der Waals surface area contributed by atoms with Crippen molar-refractivity contribution in [2.24, 2.45) is 0 Å². The summed E-state index contributed by atoms with van der Waals surface area (Å²) in [5.41, 5.74) is 0.737. The summed E-state index contributed by atoms with van der Waals surface area (Å²) in [5, 5.41) is 20.6. The number of aromatic hydroxyl groups is 2. The Labute approximate surface area is 168 Å². The Morgan fingerprint density at radius 2 is 1.66 bits per heavy atom. The first-order valence-corrected chi connectivity index (χ1v) is 9.02. The third-order valence-electron chi connectivity index (χ3n) is 4.20. The van der Waals surface area contributed by atoms with E-state index < -0.39 is 17.5 Å². The Balaban J connectivity index is 2.12. The van der Waals surface area contributed by atoms with Gasteiger partial charge in [0.05, 0.1) is 12.2 Å². The van der Waals surface area contributed by atoms with E-state index in [-0.39, 0.29) is 34.8 Å². The molecule has 0 atom stereocenters. The lowest BCUT2D eigenvalue weighted by molar-refractivity contribution is 0.0522. The lowest BCUT2D eigenvalue weighted by atomic mass is 9.98. The number of hydrogen-bond acceptors (Lipinski definition) is 6. The van der Waals surface area contributed by atoms with Gasteiger partial charge in [-0.2, -0.15) is 0 Å². The predicted octanol–water partition coefficient (Wildman–Crippen LogP) is 4.61. The van der Waals surface area contributed by atoms with Crippen LogP contribution in [0.2, 0.25) is 0 Å². The van der Waals surface area contributed by atoms with Gasteiger partial charge < -0.3 is 19.7 Å². The summed E-state index contributed by atoms with van der Waals surface area (Å²) in [7, 11) is 0. The first kappa shape index (κ1) is 19.9. The molecule has 29 heavy (non-hydrogen) atoms. The second kappa shape index (κ2) is 8.48. The summed E-state index contributed by atoms with van der Waals surface area (Å²) >= 11 is 0. The molecule has 0 unspecified atom stereocenters. The fourth-order valence-corrected chi connectivity index (χ4v) is 2.78. The molecule has 0 aliphatic carbocycles. The van der Waals surface area contributed by atoms with E-state index in [9.17, 15) is 19.8 Å². The lowest BCUT2D eigenvalue weighted by Crippen LogP contribution is -2.09. The highest BCUT2D eigenvalue weighted by Gasteiger charge is 2.23. The van der Waals surface area contributed by atoms with Crippen LogP contribution in [0.1, 0.15) is 38.8 Å². The Kier molecular flexibility index (Phi) is 5.83. The molecule has 3 aromatic rings. The molecule has 0 saturated carbocycles. The molecule has 3 rings (SSSR count). The number of ether oxygens (including phenoxy) is 2. The Morgan fingerprint density at radius 3 is 2.34 bits per heavy atom. The smallest absolute Gasteiger partial charge is 0.342 e. The van der Waals surface area contributed by atoms with Crippen LogP contribution in [-0.4, -0.2) is 28.6 Å². The molecule has 0 aliphatic rings. The lowest BCUT2D eigenvalue weighted by Gasteiger charge is -2.13. The molecule has 0 spiro atoms. The van der Waals surface area contributed by atoms with Crippen molar-refractivity contribution in [2.45, 2.75) is 13.8 Å². The summed E-state index contributed by atoms with van der Waals surface area (Å²) in [6.07, 6.45) is 0. The monoisotopic (exact) mass is 392 g/mol. The minimum atomic E-state index is -0.786.